The molecule has 0 spiro atoms. The van der Waals surface area contributed by atoms with Crippen LogP contribution in [0.25, 0.3) is 0 Å². The summed E-state index contributed by atoms with van der Waals surface area (Å²) in [5.74, 6) is 0.757. The van der Waals surface area contributed by atoms with Crippen molar-refractivity contribution in [1.82, 2.24) is 0 Å². The molecule has 34 heavy (non-hydrogen) atoms. The molecule has 2 N–H and O–H groups in total. The van der Waals surface area contributed by atoms with Gasteiger partial charge in [-0.15, -0.1) is 24.0 Å². The van der Waals surface area contributed by atoms with Crippen LogP contribution in [0.2, 0.25) is 0 Å². The number of hydrogen-bond donors (Lipinski definition) is 1. The lowest BCUT2D eigenvalue weighted by Gasteiger charge is -2.39. The summed E-state index contributed by atoms with van der Waals surface area (Å²) in [6, 6.07) is 0. The molecule has 0 aromatic carbocycles. The third kappa shape index (κ3) is 21.9. The summed E-state index contributed by atoms with van der Waals surface area (Å²) in [4.78, 5) is 0. The highest BCUT2D eigenvalue weighted by molar-refractivity contribution is 14.0. The Morgan fingerprint density at radius 3 is 1.00 bits per heavy atom. The standard InChI is InChI=1S/C32H67N.HI/c1-5-9-13-17-18-20-24-28-31(27-23-19-14-10-6-2)32(33,29-25-21-15-11-7-3)30-26-22-16-12-8-4;/h31H,5-30,33H2,1-4H3;1H. The molecule has 208 valence electrons. The van der Waals surface area contributed by atoms with E-state index in [9.17, 15) is 0 Å². The molecule has 0 saturated heterocycles. The highest BCUT2D eigenvalue weighted by Crippen LogP contribution is 2.35. The Hall–Kier alpha value is 0.690. The number of halogens is 1. The highest BCUT2D eigenvalue weighted by Gasteiger charge is 2.33. The van der Waals surface area contributed by atoms with Gasteiger partial charge in [0.15, 0.2) is 0 Å². The van der Waals surface area contributed by atoms with Gasteiger partial charge in [0.1, 0.15) is 0 Å². The first-order chi connectivity index (χ1) is 16.1. The first kappa shape index (κ1) is 36.8. The summed E-state index contributed by atoms with van der Waals surface area (Å²) >= 11 is 0. The Morgan fingerprint density at radius 2 is 0.676 bits per heavy atom. The van der Waals surface area contributed by atoms with Crippen LogP contribution in [0.15, 0.2) is 0 Å². The van der Waals surface area contributed by atoms with Gasteiger partial charge in [0.25, 0.3) is 0 Å². The smallest absolute Gasteiger partial charge is 0.0182 e. The minimum atomic E-state index is 0. The zero-order chi connectivity index (χ0) is 24.5. The number of rotatable bonds is 27. The van der Waals surface area contributed by atoms with Gasteiger partial charge < -0.3 is 5.73 Å². The Morgan fingerprint density at radius 1 is 0.412 bits per heavy atom. The van der Waals surface area contributed by atoms with Crippen LogP contribution in [-0.2, 0) is 0 Å². The fraction of sp³-hybridized carbons (Fsp3) is 1.00. The van der Waals surface area contributed by atoms with E-state index >= 15 is 0 Å². The van der Waals surface area contributed by atoms with E-state index in [0.29, 0.717) is 0 Å². The van der Waals surface area contributed by atoms with Gasteiger partial charge in [-0.1, -0.05) is 169 Å². The third-order valence-electron chi connectivity index (χ3n) is 8.12. The molecule has 0 saturated carbocycles. The monoisotopic (exact) mass is 593 g/mol. The number of hydrogen-bond acceptors (Lipinski definition) is 1. The second-order valence-corrected chi connectivity index (χ2v) is 11.4. The van der Waals surface area contributed by atoms with Crippen LogP contribution in [0.4, 0.5) is 0 Å². The van der Waals surface area contributed by atoms with Crippen LogP contribution in [0.3, 0.4) is 0 Å². The maximum absolute atomic E-state index is 7.39. The Kier molecular flexibility index (Phi) is 30.6. The fourth-order valence-electron chi connectivity index (χ4n) is 5.71. The van der Waals surface area contributed by atoms with Crippen molar-refractivity contribution in [2.75, 3.05) is 0 Å². The lowest BCUT2D eigenvalue weighted by Crippen LogP contribution is -2.47. The zero-order valence-electron chi connectivity index (χ0n) is 24.4. The van der Waals surface area contributed by atoms with E-state index in [0.717, 1.165) is 5.92 Å². The maximum atomic E-state index is 7.39. The maximum Gasteiger partial charge on any atom is 0.0182 e. The Bertz CT molecular complexity index is 356. The predicted octanol–water partition coefficient (Wildman–Crippen LogP) is 12.1. The topological polar surface area (TPSA) is 26.0 Å². The summed E-state index contributed by atoms with van der Waals surface area (Å²) in [5.41, 5.74) is 7.50. The lowest BCUT2D eigenvalue weighted by molar-refractivity contribution is 0.189. The van der Waals surface area contributed by atoms with Crippen LogP contribution in [0.1, 0.15) is 195 Å². The third-order valence-corrected chi connectivity index (χ3v) is 8.12. The molecule has 0 aromatic rings. The van der Waals surface area contributed by atoms with Crippen molar-refractivity contribution >= 4 is 24.0 Å². The SMILES string of the molecule is CCCCCCCCCC(CCCCCCC)C(N)(CCCCCCC)CCCCCCC.I. The van der Waals surface area contributed by atoms with Crippen molar-refractivity contribution in [1.29, 1.82) is 0 Å². The molecule has 1 atom stereocenters. The molecular weight excluding hydrogens is 525 g/mol. The molecule has 0 rings (SSSR count). The van der Waals surface area contributed by atoms with E-state index in [1.807, 2.05) is 0 Å². The van der Waals surface area contributed by atoms with Crippen molar-refractivity contribution < 1.29 is 0 Å². The summed E-state index contributed by atoms with van der Waals surface area (Å²) in [6.07, 6.45) is 36.1. The molecule has 0 heterocycles. The van der Waals surface area contributed by atoms with Crippen molar-refractivity contribution in [3.05, 3.63) is 0 Å². The van der Waals surface area contributed by atoms with E-state index < -0.39 is 0 Å². The van der Waals surface area contributed by atoms with E-state index in [2.05, 4.69) is 27.7 Å². The van der Waals surface area contributed by atoms with Crippen molar-refractivity contribution in [3.8, 4) is 0 Å². The van der Waals surface area contributed by atoms with Crippen molar-refractivity contribution in [2.45, 2.75) is 200 Å². The average molecular weight is 594 g/mol. The highest BCUT2D eigenvalue weighted by atomic mass is 127. The van der Waals surface area contributed by atoms with Gasteiger partial charge in [-0.3, -0.25) is 0 Å². The van der Waals surface area contributed by atoms with E-state index in [4.69, 9.17) is 5.73 Å². The molecular formula is C32H68IN. The molecule has 1 nitrogen and oxygen atoms in total. The minimum absolute atomic E-state index is 0. The average Bonchev–Trinajstić information content (AvgIpc) is 2.81. The molecule has 0 amide bonds. The second kappa shape index (κ2) is 28.3. The van der Waals surface area contributed by atoms with Crippen molar-refractivity contribution in [3.63, 3.8) is 0 Å². The molecule has 1 unspecified atom stereocenters. The molecule has 2 heteroatoms. The fourth-order valence-corrected chi connectivity index (χ4v) is 5.71. The van der Waals surface area contributed by atoms with Gasteiger partial charge in [-0.2, -0.15) is 0 Å². The largest absolute Gasteiger partial charge is 0.325 e. The Balaban J connectivity index is 0. The number of nitrogens with two attached hydrogens (primary N) is 1. The van der Waals surface area contributed by atoms with Gasteiger partial charge in [-0.05, 0) is 31.6 Å². The minimum Gasteiger partial charge on any atom is -0.325 e. The summed E-state index contributed by atoms with van der Waals surface area (Å²) in [7, 11) is 0. The first-order valence-corrected chi connectivity index (χ1v) is 15.9. The van der Waals surface area contributed by atoms with Gasteiger partial charge in [0.05, 0.1) is 0 Å². The van der Waals surface area contributed by atoms with Crippen LogP contribution < -0.4 is 5.73 Å². The van der Waals surface area contributed by atoms with E-state index in [1.165, 1.54) is 167 Å². The molecule has 0 radical (unpaired) electrons. The van der Waals surface area contributed by atoms with Crippen LogP contribution in [0, 0.1) is 5.92 Å². The van der Waals surface area contributed by atoms with Crippen LogP contribution in [-0.4, -0.2) is 5.54 Å². The predicted molar refractivity (Wildman–Crippen MR) is 169 cm³/mol. The normalized spacial score (nSPS) is 12.6. The summed E-state index contributed by atoms with van der Waals surface area (Å²) in [6.45, 7) is 9.28. The van der Waals surface area contributed by atoms with Crippen molar-refractivity contribution in [2.24, 2.45) is 11.7 Å². The summed E-state index contributed by atoms with van der Waals surface area (Å²) < 4.78 is 0. The molecule has 0 aliphatic heterocycles. The van der Waals surface area contributed by atoms with Crippen LogP contribution in [0.5, 0.6) is 0 Å². The van der Waals surface area contributed by atoms with E-state index in [-0.39, 0.29) is 29.5 Å². The molecule has 0 bridgehead atoms. The van der Waals surface area contributed by atoms with Gasteiger partial charge in [-0.25, -0.2) is 0 Å². The first-order valence-electron chi connectivity index (χ1n) is 15.9. The second-order valence-electron chi connectivity index (χ2n) is 11.4. The van der Waals surface area contributed by atoms with Gasteiger partial charge in [0.2, 0.25) is 0 Å². The van der Waals surface area contributed by atoms with Gasteiger partial charge in [0, 0.05) is 5.54 Å². The molecule has 0 aliphatic rings. The molecule has 0 aromatic heterocycles. The Labute approximate surface area is 235 Å². The molecule has 0 aliphatic carbocycles. The van der Waals surface area contributed by atoms with Gasteiger partial charge >= 0.3 is 0 Å². The number of unbranched alkanes of at least 4 members (excludes halogenated alkanes) is 18. The van der Waals surface area contributed by atoms with Crippen LogP contribution >= 0.6 is 24.0 Å². The zero-order valence-corrected chi connectivity index (χ0v) is 26.8. The van der Waals surface area contributed by atoms with E-state index in [1.54, 1.807) is 0 Å². The summed E-state index contributed by atoms with van der Waals surface area (Å²) in [5, 5.41) is 0. The quantitative estimate of drug-likeness (QED) is 0.0744. The lowest BCUT2D eigenvalue weighted by atomic mass is 9.72. The molecule has 0 fully saturated rings.